The average molecular weight is 350 g/mol. The summed E-state index contributed by atoms with van der Waals surface area (Å²) in [6.07, 6.45) is 4.16. The van der Waals surface area contributed by atoms with Gasteiger partial charge in [-0.1, -0.05) is 18.2 Å². The number of anilines is 1. The van der Waals surface area contributed by atoms with Crippen molar-refractivity contribution in [3.8, 4) is 0 Å². The summed E-state index contributed by atoms with van der Waals surface area (Å²) in [5.41, 5.74) is 1.32. The molecule has 6 nitrogen and oxygen atoms in total. The first-order valence-electron chi connectivity index (χ1n) is 7.70. The zero-order valence-corrected chi connectivity index (χ0v) is 14.7. The molecule has 1 amide bonds. The van der Waals surface area contributed by atoms with E-state index in [1.165, 1.54) is 0 Å². The van der Waals surface area contributed by atoms with Gasteiger partial charge >= 0.3 is 0 Å². The fourth-order valence-electron chi connectivity index (χ4n) is 2.36. The highest BCUT2D eigenvalue weighted by molar-refractivity contribution is 7.92. The van der Waals surface area contributed by atoms with Gasteiger partial charge in [0.15, 0.2) is 0 Å². The van der Waals surface area contributed by atoms with Crippen molar-refractivity contribution in [1.29, 1.82) is 0 Å². The van der Waals surface area contributed by atoms with Gasteiger partial charge in [0.1, 0.15) is 12.3 Å². The first kappa shape index (κ1) is 18.1. The van der Waals surface area contributed by atoms with Crippen molar-refractivity contribution in [2.45, 2.75) is 19.8 Å². The van der Waals surface area contributed by atoms with Crippen molar-refractivity contribution in [3.63, 3.8) is 0 Å². The van der Waals surface area contributed by atoms with Gasteiger partial charge in [-0.15, -0.1) is 0 Å². The Morgan fingerprint density at radius 2 is 1.96 bits per heavy atom. The molecular weight excluding hydrogens is 328 g/mol. The van der Waals surface area contributed by atoms with E-state index in [2.05, 4.69) is 5.32 Å². The molecule has 1 aromatic heterocycles. The smallest absolute Gasteiger partial charge is 0.240 e. The number of hydrogen-bond acceptors (Lipinski definition) is 4. The third-order valence-corrected chi connectivity index (χ3v) is 4.70. The summed E-state index contributed by atoms with van der Waals surface area (Å²) in [7, 11) is -3.54. The van der Waals surface area contributed by atoms with E-state index in [4.69, 9.17) is 4.42 Å². The van der Waals surface area contributed by atoms with E-state index in [-0.39, 0.29) is 12.5 Å². The Balaban J connectivity index is 1.92. The van der Waals surface area contributed by atoms with Crippen LogP contribution in [0.25, 0.3) is 0 Å². The number of nitrogens with one attached hydrogen (secondary N) is 1. The molecule has 1 aromatic carbocycles. The maximum Gasteiger partial charge on any atom is 0.240 e. The lowest BCUT2D eigenvalue weighted by Crippen LogP contribution is -2.41. The van der Waals surface area contributed by atoms with Crippen molar-refractivity contribution in [3.05, 3.63) is 54.0 Å². The van der Waals surface area contributed by atoms with Crippen LogP contribution in [0.1, 0.15) is 17.7 Å². The summed E-state index contributed by atoms with van der Waals surface area (Å²) >= 11 is 0. The van der Waals surface area contributed by atoms with Gasteiger partial charge in [0.25, 0.3) is 0 Å². The van der Waals surface area contributed by atoms with E-state index in [9.17, 15) is 13.2 Å². The molecule has 2 rings (SSSR count). The monoisotopic (exact) mass is 350 g/mol. The normalized spacial score (nSPS) is 11.2. The van der Waals surface area contributed by atoms with E-state index in [1.807, 2.05) is 31.2 Å². The number of para-hydroxylation sites is 1. The molecule has 0 radical (unpaired) electrons. The molecular formula is C17H22N2O4S. The first-order chi connectivity index (χ1) is 11.4. The standard InChI is InChI=1S/C17H22N2O4S/c1-14-7-3-4-10-16(14)19(24(2,21)22)13-17(20)18-11-5-8-15-9-6-12-23-15/h3-4,6-7,9-10,12H,5,8,11,13H2,1-2H3,(H,18,20). The molecule has 0 fully saturated rings. The topological polar surface area (TPSA) is 79.6 Å². The average Bonchev–Trinajstić information content (AvgIpc) is 3.02. The summed E-state index contributed by atoms with van der Waals surface area (Å²) in [6, 6.07) is 10.8. The Morgan fingerprint density at radius 3 is 2.58 bits per heavy atom. The van der Waals surface area contributed by atoms with Crippen LogP contribution in [-0.4, -0.2) is 33.7 Å². The van der Waals surface area contributed by atoms with Crippen LogP contribution in [0.4, 0.5) is 5.69 Å². The Morgan fingerprint density at radius 1 is 1.21 bits per heavy atom. The molecule has 0 saturated heterocycles. The largest absolute Gasteiger partial charge is 0.469 e. The molecule has 1 N–H and O–H groups in total. The van der Waals surface area contributed by atoms with Crippen molar-refractivity contribution in [2.24, 2.45) is 0 Å². The lowest BCUT2D eigenvalue weighted by molar-refractivity contribution is -0.119. The molecule has 0 aliphatic heterocycles. The summed E-state index contributed by atoms with van der Waals surface area (Å²) in [4.78, 5) is 12.1. The molecule has 0 spiro atoms. The van der Waals surface area contributed by atoms with Gasteiger partial charge in [-0.2, -0.15) is 0 Å². The highest BCUT2D eigenvalue weighted by Crippen LogP contribution is 2.21. The lowest BCUT2D eigenvalue weighted by atomic mass is 10.2. The third-order valence-electron chi connectivity index (χ3n) is 3.57. The van der Waals surface area contributed by atoms with Crippen LogP contribution in [-0.2, 0) is 21.2 Å². The summed E-state index contributed by atoms with van der Waals surface area (Å²) in [5.74, 6) is 0.532. The molecule has 0 bridgehead atoms. The van der Waals surface area contributed by atoms with Crippen LogP contribution >= 0.6 is 0 Å². The Kier molecular flexibility index (Phi) is 6.03. The number of furan rings is 1. The summed E-state index contributed by atoms with van der Waals surface area (Å²) < 4.78 is 30.4. The van der Waals surface area contributed by atoms with E-state index >= 15 is 0 Å². The molecule has 7 heteroatoms. The minimum atomic E-state index is -3.54. The predicted molar refractivity (Wildman–Crippen MR) is 93.4 cm³/mol. The van der Waals surface area contributed by atoms with Gasteiger partial charge in [0, 0.05) is 13.0 Å². The van der Waals surface area contributed by atoms with Crippen molar-refractivity contribution < 1.29 is 17.6 Å². The molecule has 0 aliphatic rings. The maximum atomic E-state index is 12.1. The van der Waals surface area contributed by atoms with Crippen molar-refractivity contribution >= 4 is 21.6 Å². The number of carbonyl (C=O) groups excluding carboxylic acids is 1. The van der Waals surface area contributed by atoms with Gasteiger partial charge in [-0.05, 0) is 37.1 Å². The number of hydrogen-bond donors (Lipinski definition) is 1. The van der Waals surface area contributed by atoms with Gasteiger partial charge in [-0.25, -0.2) is 8.42 Å². The molecule has 0 saturated carbocycles. The second kappa shape index (κ2) is 8.01. The minimum Gasteiger partial charge on any atom is -0.469 e. The molecule has 1 heterocycles. The molecule has 24 heavy (non-hydrogen) atoms. The van der Waals surface area contributed by atoms with Gasteiger partial charge < -0.3 is 9.73 Å². The number of rotatable bonds is 8. The lowest BCUT2D eigenvalue weighted by Gasteiger charge is -2.23. The number of nitrogens with zero attached hydrogens (tertiary/aromatic N) is 1. The van der Waals surface area contributed by atoms with Gasteiger partial charge in [0.2, 0.25) is 15.9 Å². The Hall–Kier alpha value is -2.28. The number of benzene rings is 1. The zero-order valence-electron chi connectivity index (χ0n) is 13.9. The quantitative estimate of drug-likeness (QED) is 0.740. The second-order valence-corrected chi connectivity index (χ2v) is 7.50. The SMILES string of the molecule is Cc1ccccc1N(CC(=O)NCCCc1ccco1)S(C)(=O)=O. The number of amides is 1. The van der Waals surface area contributed by atoms with E-state index < -0.39 is 10.0 Å². The molecule has 0 unspecified atom stereocenters. The van der Waals surface area contributed by atoms with Crippen LogP contribution in [0.5, 0.6) is 0 Å². The van der Waals surface area contributed by atoms with Gasteiger partial charge in [0.05, 0.1) is 18.2 Å². The third kappa shape index (κ3) is 5.13. The predicted octanol–water partition coefficient (Wildman–Crippen LogP) is 2.10. The number of carbonyl (C=O) groups is 1. The van der Waals surface area contributed by atoms with Crippen LogP contribution in [0.15, 0.2) is 47.1 Å². The van der Waals surface area contributed by atoms with Crippen LogP contribution in [0, 0.1) is 6.92 Å². The van der Waals surface area contributed by atoms with E-state index in [1.54, 1.807) is 18.4 Å². The van der Waals surface area contributed by atoms with E-state index in [0.29, 0.717) is 12.2 Å². The Labute approximate surface area is 142 Å². The Bertz CT molecular complexity index is 770. The fraction of sp³-hybridized carbons (Fsp3) is 0.353. The van der Waals surface area contributed by atoms with Crippen molar-refractivity contribution in [1.82, 2.24) is 5.32 Å². The second-order valence-electron chi connectivity index (χ2n) is 5.59. The number of aryl methyl sites for hydroxylation is 2. The molecule has 0 aliphatic carbocycles. The summed E-state index contributed by atoms with van der Waals surface area (Å²) in [6.45, 7) is 2.05. The highest BCUT2D eigenvalue weighted by Gasteiger charge is 2.21. The zero-order chi connectivity index (χ0) is 17.6. The van der Waals surface area contributed by atoms with Crippen molar-refractivity contribution in [2.75, 3.05) is 23.7 Å². The molecule has 2 aromatic rings. The van der Waals surface area contributed by atoms with E-state index in [0.717, 1.165) is 34.7 Å². The number of sulfonamides is 1. The molecule has 130 valence electrons. The van der Waals surface area contributed by atoms with Crippen LogP contribution in [0.2, 0.25) is 0 Å². The minimum absolute atomic E-state index is 0.232. The molecule has 0 atom stereocenters. The maximum absolute atomic E-state index is 12.1. The van der Waals surface area contributed by atoms with Crippen LogP contribution < -0.4 is 9.62 Å². The fourth-order valence-corrected chi connectivity index (χ4v) is 3.27. The van der Waals surface area contributed by atoms with Crippen LogP contribution in [0.3, 0.4) is 0 Å². The van der Waals surface area contributed by atoms with Gasteiger partial charge in [-0.3, -0.25) is 9.10 Å². The summed E-state index contributed by atoms with van der Waals surface area (Å²) in [5, 5.41) is 2.75. The highest BCUT2D eigenvalue weighted by atomic mass is 32.2. The first-order valence-corrected chi connectivity index (χ1v) is 9.55.